The van der Waals surface area contributed by atoms with Gasteiger partial charge in [-0.25, -0.2) is 0 Å². The number of hydrogen-bond acceptors (Lipinski definition) is 2. The van der Waals surface area contributed by atoms with E-state index in [-0.39, 0.29) is 23.4 Å². The Bertz CT molecular complexity index is 499. The standard InChI is InChI=1S/C16H18O2/c1-16(2)9-12(8-13(17)10-16)15-14(18-15)11-6-4-3-5-7-11/h3-8,14-15H,9-10H2,1-2H3. The first-order chi connectivity index (χ1) is 8.55. The Labute approximate surface area is 108 Å². The average molecular weight is 242 g/mol. The number of carbonyl (C=O) groups excluding carboxylic acids is 1. The van der Waals surface area contributed by atoms with E-state index in [1.54, 1.807) is 6.08 Å². The Morgan fingerprint density at radius 2 is 1.83 bits per heavy atom. The van der Waals surface area contributed by atoms with Crippen molar-refractivity contribution in [2.24, 2.45) is 5.41 Å². The lowest BCUT2D eigenvalue weighted by atomic mass is 9.75. The van der Waals surface area contributed by atoms with Crippen molar-refractivity contribution < 1.29 is 9.53 Å². The summed E-state index contributed by atoms with van der Waals surface area (Å²) in [5.41, 5.74) is 2.46. The molecular formula is C16H18O2. The predicted molar refractivity (Wildman–Crippen MR) is 70.2 cm³/mol. The maximum Gasteiger partial charge on any atom is 0.156 e. The number of allylic oxidation sites excluding steroid dienone is 1. The highest BCUT2D eigenvalue weighted by molar-refractivity contribution is 5.92. The third-order valence-electron chi connectivity index (χ3n) is 3.67. The molecule has 18 heavy (non-hydrogen) atoms. The molecule has 0 aromatic heterocycles. The maximum absolute atomic E-state index is 11.7. The van der Waals surface area contributed by atoms with Gasteiger partial charge in [-0.3, -0.25) is 4.79 Å². The van der Waals surface area contributed by atoms with Crippen LogP contribution in [-0.4, -0.2) is 11.9 Å². The summed E-state index contributed by atoms with van der Waals surface area (Å²) in [4.78, 5) is 11.7. The third kappa shape index (κ3) is 2.25. The molecule has 0 saturated carbocycles. The maximum atomic E-state index is 11.7. The summed E-state index contributed by atoms with van der Waals surface area (Å²) in [5, 5.41) is 0. The lowest BCUT2D eigenvalue weighted by Crippen LogP contribution is -2.23. The van der Waals surface area contributed by atoms with Crippen LogP contribution in [0.1, 0.15) is 38.4 Å². The van der Waals surface area contributed by atoms with E-state index < -0.39 is 0 Å². The molecule has 2 aliphatic rings. The van der Waals surface area contributed by atoms with Crippen molar-refractivity contribution in [3.63, 3.8) is 0 Å². The Hall–Kier alpha value is -1.41. The second-order valence-corrected chi connectivity index (χ2v) is 6.09. The predicted octanol–water partition coefficient (Wildman–Crippen LogP) is 3.44. The second kappa shape index (κ2) is 4.06. The van der Waals surface area contributed by atoms with Crippen LogP contribution in [0.4, 0.5) is 0 Å². The Morgan fingerprint density at radius 3 is 2.50 bits per heavy atom. The molecular weight excluding hydrogens is 224 g/mol. The molecule has 1 aliphatic carbocycles. The minimum absolute atomic E-state index is 0.0777. The van der Waals surface area contributed by atoms with Gasteiger partial charge >= 0.3 is 0 Å². The van der Waals surface area contributed by atoms with Gasteiger partial charge in [0.1, 0.15) is 12.2 Å². The molecule has 94 valence electrons. The van der Waals surface area contributed by atoms with Crippen molar-refractivity contribution >= 4 is 5.78 Å². The van der Waals surface area contributed by atoms with Gasteiger partial charge in [-0.15, -0.1) is 0 Å². The summed E-state index contributed by atoms with van der Waals surface area (Å²) < 4.78 is 5.76. The van der Waals surface area contributed by atoms with Gasteiger partial charge < -0.3 is 4.74 Å². The largest absolute Gasteiger partial charge is 0.360 e. The molecule has 0 spiro atoms. The summed E-state index contributed by atoms with van der Waals surface area (Å²) in [6, 6.07) is 10.2. The van der Waals surface area contributed by atoms with E-state index >= 15 is 0 Å². The fourth-order valence-electron chi connectivity index (χ4n) is 2.87. The van der Waals surface area contributed by atoms with Crippen molar-refractivity contribution in [3.05, 3.63) is 47.5 Å². The molecule has 0 N–H and O–H groups in total. The number of rotatable bonds is 2. The van der Waals surface area contributed by atoms with Crippen LogP contribution in [0, 0.1) is 5.41 Å². The van der Waals surface area contributed by atoms with Gasteiger partial charge in [-0.2, -0.15) is 0 Å². The van der Waals surface area contributed by atoms with Gasteiger partial charge in [0.15, 0.2) is 5.78 Å². The molecule has 1 fully saturated rings. The van der Waals surface area contributed by atoms with E-state index in [0.717, 1.165) is 6.42 Å². The minimum Gasteiger partial charge on any atom is -0.360 e. The van der Waals surface area contributed by atoms with E-state index in [1.807, 2.05) is 18.2 Å². The molecule has 1 aromatic carbocycles. The summed E-state index contributed by atoms with van der Waals surface area (Å²) in [5.74, 6) is 0.239. The van der Waals surface area contributed by atoms with Crippen LogP contribution in [0.3, 0.4) is 0 Å². The molecule has 3 rings (SSSR count). The molecule has 1 aromatic rings. The molecule has 0 amide bonds. The normalized spacial score (nSPS) is 29.9. The molecule has 1 aliphatic heterocycles. The van der Waals surface area contributed by atoms with E-state index in [1.165, 1.54) is 11.1 Å². The zero-order valence-corrected chi connectivity index (χ0v) is 10.8. The smallest absolute Gasteiger partial charge is 0.156 e. The molecule has 2 nitrogen and oxygen atoms in total. The van der Waals surface area contributed by atoms with E-state index in [2.05, 4.69) is 26.0 Å². The van der Waals surface area contributed by atoms with Gasteiger partial charge in [-0.05, 0) is 29.0 Å². The Morgan fingerprint density at radius 1 is 1.11 bits per heavy atom. The zero-order valence-electron chi connectivity index (χ0n) is 10.8. The first kappa shape index (κ1) is 11.7. The fourth-order valence-corrected chi connectivity index (χ4v) is 2.87. The van der Waals surface area contributed by atoms with Crippen molar-refractivity contribution in [2.75, 3.05) is 0 Å². The van der Waals surface area contributed by atoms with Crippen molar-refractivity contribution in [2.45, 2.75) is 38.9 Å². The summed E-state index contributed by atoms with van der Waals surface area (Å²) in [6.45, 7) is 4.30. The summed E-state index contributed by atoms with van der Waals surface area (Å²) in [6.07, 6.45) is 3.69. The third-order valence-corrected chi connectivity index (χ3v) is 3.67. The lowest BCUT2D eigenvalue weighted by molar-refractivity contribution is -0.117. The van der Waals surface area contributed by atoms with Crippen LogP contribution in [0.2, 0.25) is 0 Å². The van der Waals surface area contributed by atoms with Crippen molar-refractivity contribution in [3.8, 4) is 0 Å². The Kier molecular flexibility index (Phi) is 2.63. The second-order valence-electron chi connectivity index (χ2n) is 6.09. The quantitative estimate of drug-likeness (QED) is 0.743. The number of benzene rings is 1. The summed E-state index contributed by atoms with van der Waals surface area (Å²) >= 11 is 0. The van der Waals surface area contributed by atoms with Crippen LogP contribution in [0.15, 0.2) is 42.0 Å². The van der Waals surface area contributed by atoms with Crippen LogP contribution in [0.5, 0.6) is 0 Å². The highest BCUT2D eigenvalue weighted by Crippen LogP contribution is 2.48. The number of hydrogen-bond donors (Lipinski definition) is 0. The van der Waals surface area contributed by atoms with E-state index in [0.29, 0.717) is 6.42 Å². The molecule has 2 heteroatoms. The van der Waals surface area contributed by atoms with Gasteiger partial charge in [0.05, 0.1) is 0 Å². The Balaban J connectivity index is 1.77. The first-order valence-corrected chi connectivity index (χ1v) is 6.49. The minimum atomic E-state index is 0.0777. The van der Waals surface area contributed by atoms with Crippen LogP contribution >= 0.6 is 0 Å². The number of epoxide rings is 1. The molecule has 2 atom stereocenters. The highest BCUT2D eigenvalue weighted by atomic mass is 16.6. The first-order valence-electron chi connectivity index (χ1n) is 6.49. The molecule has 1 saturated heterocycles. The van der Waals surface area contributed by atoms with E-state index in [4.69, 9.17) is 4.74 Å². The van der Waals surface area contributed by atoms with Crippen LogP contribution < -0.4 is 0 Å². The topological polar surface area (TPSA) is 29.6 Å². The van der Waals surface area contributed by atoms with Crippen molar-refractivity contribution in [1.29, 1.82) is 0 Å². The molecule has 1 heterocycles. The van der Waals surface area contributed by atoms with E-state index in [9.17, 15) is 4.79 Å². The van der Waals surface area contributed by atoms with Crippen LogP contribution in [0.25, 0.3) is 0 Å². The fraction of sp³-hybridized carbons (Fsp3) is 0.438. The zero-order chi connectivity index (χ0) is 12.8. The SMILES string of the molecule is CC1(C)CC(=O)C=C(C2OC2c2ccccc2)C1. The van der Waals surface area contributed by atoms with Crippen LogP contribution in [-0.2, 0) is 9.53 Å². The van der Waals surface area contributed by atoms with Gasteiger partial charge in [0.2, 0.25) is 0 Å². The molecule has 0 bridgehead atoms. The number of ketones is 1. The van der Waals surface area contributed by atoms with Gasteiger partial charge in [-0.1, -0.05) is 44.2 Å². The van der Waals surface area contributed by atoms with Gasteiger partial charge in [0, 0.05) is 6.42 Å². The number of carbonyl (C=O) groups is 1. The molecule has 2 unspecified atom stereocenters. The number of ether oxygens (including phenoxy) is 1. The lowest BCUT2D eigenvalue weighted by Gasteiger charge is -2.28. The van der Waals surface area contributed by atoms with Crippen molar-refractivity contribution in [1.82, 2.24) is 0 Å². The monoisotopic (exact) mass is 242 g/mol. The molecule has 0 radical (unpaired) electrons. The summed E-state index contributed by atoms with van der Waals surface area (Å²) in [7, 11) is 0. The highest BCUT2D eigenvalue weighted by Gasteiger charge is 2.45. The average Bonchev–Trinajstić information content (AvgIpc) is 3.07. The van der Waals surface area contributed by atoms with Gasteiger partial charge in [0.25, 0.3) is 0 Å².